The van der Waals surface area contributed by atoms with Crippen LogP contribution in [-0.2, 0) is 45.4 Å². The van der Waals surface area contributed by atoms with E-state index in [0.717, 1.165) is 0 Å². The van der Waals surface area contributed by atoms with Crippen LogP contribution < -0.4 is 20.4 Å². The maximum atomic E-state index is 9.41. The molecule has 0 rings (SSSR count). The van der Waals surface area contributed by atoms with Crippen molar-refractivity contribution in [2.75, 3.05) is 0 Å². The smallest absolute Gasteiger partial charge is 0.875 e. The Morgan fingerprint density at radius 1 is 0.414 bits per heavy atom. The molecule has 0 bridgehead atoms. The van der Waals surface area contributed by atoms with Gasteiger partial charge < -0.3 is 61.3 Å². The molecule has 0 radical (unpaired) electrons. The van der Waals surface area contributed by atoms with E-state index in [1.165, 1.54) is 0 Å². The minimum Gasteiger partial charge on any atom is -0.875 e. The summed E-state index contributed by atoms with van der Waals surface area (Å²) in [4.78, 5) is 37.6. The van der Waals surface area contributed by atoms with Gasteiger partial charge >= 0.3 is 50.1 Å². The van der Waals surface area contributed by atoms with Crippen LogP contribution in [0.1, 0.15) is 0 Å². The number of carboxylic acid groups (broad SMARTS) is 4. The first kappa shape index (κ1) is 36.1. The molecule has 0 aliphatic heterocycles. The Morgan fingerprint density at radius 3 is 0.517 bits per heavy atom. The van der Waals surface area contributed by atoms with E-state index in [9.17, 15) is 39.6 Å². The molecule has 0 spiro atoms. The molecule has 0 fully saturated rings. The Bertz CT molecular complexity index is 532. The zero-order valence-electron chi connectivity index (χ0n) is 13.7. The molecule has 0 unspecified atom stereocenters. The Morgan fingerprint density at radius 2 is 0.517 bits per heavy atom. The van der Waals surface area contributed by atoms with E-state index in [0.29, 0.717) is 0 Å². The molecule has 16 nitrogen and oxygen atoms in total. The SMILES string of the molecule is O=C(O)C(O)=C[O-].O=C(O)C(O)=C[O-].O=C(O)C(O)=C[O-].O=C(O)C(O)=C[O-].[Zr+4]. The first-order chi connectivity index (χ1) is 12.7. The van der Waals surface area contributed by atoms with Crippen molar-refractivity contribution in [3.05, 3.63) is 48.1 Å². The van der Waals surface area contributed by atoms with E-state index in [1.807, 2.05) is 0 Å². The van der Waals surface area contributed by atoms with Crippen molar-refractivity contribution < 1.29 is 107 Å². The van der Waals surface area contributed by atoms with Gasteiger partial charge in [-0.1, -0.05) is 25.0 Å². The summed E-state index contributed by atoms with van der Waals surface area (Å²) in [6.07, 6.45) is -0.546. The molecule has 0 aliphatic carbocycles. The third-order valence-corrected chi connectivity index (χ3v) is 1.32. The number of carbonyl (C=O) groups is 4. The molecule has 0 aromatic carbocycles. The van der Waals surface area contributed by atoms with Crippen molar-refractivity contribution in [1.29, 1.82) is 0 Å². The molecule has 0 aliphatic rings. The van der Waals surface area contributed by atoms with Gasteiger partial charge in [0.2, 0.25) is 0 Å². The Kier molecular flexibility index (Phi) is 27.6. The van der Waals surface area contributed by atoms with Crippen LogP contribution in [-0.4, -0.2) is 64.7 Å². The number of rotatable bonds is 4. The van der Waals surface area contributed by atoms with Crippen LogP contribution in [0.5, 0.6) is 0 Å². The fourth-order valence-corrected chi connectivity index (χ4v) is 0.202. The number of hydrogen-bond acceptors (Lipinski definition) is 12. The van der Waals surface area contributed by atoms with E-state index in [4.69, 9.17) is 40.9 Å². The van der Waals surface area contributed by atoms with Gasteiger partial charge in [0.1, 0.15) is 0 Å². The second-order valence-electron chi connectivity index (χ2n) is 3.23. The van der Waals surface area contributed by atoms with E-state index in [-0.39, 0.29) is 51.3 Å². The summed E-state index contributed by atoms with van der Waals surface area (Å²) in [5, 5.41) is 99.3. The summed E-state index contributed by atoms with van der Waals surface area (Å²) in [5.41, 5.74) is 0. The minimum atomic E-state index is -1.60. The molecule has 8 N–H and O–H groups in total. The fourth-order valence-electron chi connectivity index (χ4n) is 0.202. The van der Waals surface area contributed by atoms with Crippen molar-refractivity contribution in [3.8, 4) is 0 Å². The summed E-state index contributed by atoms with van der Waals surface area (Å²) in [7, 11) is 0. The van der Waals surface area contributed by atoms with Gasteiger partial charge in [0.05, 0.1) is 0 Å². The Hall–Kier alpha value is -3.88. The van der Waals surface area contributed by atoms with E-state index in [1.54, 1.807) is 0 Å². The van der Waals surface area contributed by atoms with E-state index in [2.05, 4.69) is 0 Å². The maximum Gasteiger partial charge on any atom is 4.00 e. The summed E-state index contributed by atoms with van der Waals surface area (Å²) >= 11 is 0. The molecule has 160 valence electrons. The number of aliphatic hydroxyl groups is 4. The molecule has 0 aromatic heterocycles. The van der Waals surface area contributed by atoms with Crippen LogP contribution in [0.3, 0.4) is 0 Å². The molecule has 0 amide bonds. The van der Waals surface area contributed by atoms with Crippen LogP contribution in [0.2, 0.25) is 0 Å². The van der Waals surface area contributed by atoms with Crippen LogP contribution in [0.25, 0.3) is 0 Å². The largest absolute Gasteiger partial charge is 4.00 e. The zero-order valence-corrected chi connectivity index (χ0v) is 16.1. The summed E-state index contributed by atoms with van der Waals surface area (Å²) in [5.74, 6) is -11.1. The predicted molar refractivity (Wildman–Crippen MR) is 73.4 cm³/mol. The molecule has 0 saturated heterocycles. The molecular weight excluding hydrogens is 491 g/mol. The average molecular weight is 503 g/mol. The molecule has 0 heterocycles. The fraction of sp³-hybridized carbons (Fsp3) is 0. The van der Waals surface area contributed by atoms with Gasteiger partial charge in [-0.3, -0.25) is 0 Å². The van der Waals surface area contributed by atoms with Crippen molar-refractivity contribution >= 4 is 23.9 Å². The van der Waals surface area contributed by atoms with Gasteiger partial charge in [-0.15, -0.1) is 0 Å². The Labute approximate surface area is 178 Å². The average Bonchev–Trinajstić information content (AvgIpc) is 2.66. The summed E-state index contributed by atoms with van der Waals surface area (Å²) in [6, 6.07) is 0. The monoisotopic (exact) mass is 502 g/mol. The number of carboxylic acids is 4. The summed E-state index contributed by atoms with van der Waals surface area (Å²) < 4.78 is 0. The first-order valence-corrected chi connectivity index (χ1v) is 5.70. The molecule has 0 atom stereocenters. The quantitative estimate of drug-likeness (QED) is 0.132. The molecule has 29 heavy (non-hydrogen) atoms. The first-order valence-electron chi connectivity index (χ1n) is 5.70. The standard InChI is InChI=1S/4C3H4O4.Zr/c4*4-1-2(5)3(6)7;/h4*1,4-5H,(H,6,7);/q;;;;+4/p-4. The van der Waals surface area contributed by atoms with Gasteiger partial charge in [-0.25, -0.2) is 19.2 Å². The normalized spacial score (nSPS) is 10.8. The van der Waals surface area contributed by atoms with Crippen LogP contribution >= 0.6 is 0 Å². The summed E-state index contributed by atoms with van der Waals surface area (Å²) in [6.45, 7) is 0. The molecule has 17 heteroatoms. The second-order valence-corrected chi connectivity index (χ2v) is 3.23. The topological polar surface area (TPSA) is 322 Å². The van der Waals surface area contributed by atoms with Crippen LogP contribution in [0.15, 0.2) is 48.1 Å². The minimum absolute atomic E-state index is 0. The predicted octanol–water partition coefficient (Wildman–Crippen LogP) is -4.68. The maximum absolute atomic E-state index is 9.41. The van der Waals surface area contributed by atoms with Crippen molar-refractivity contribution in [3.63, 3.8) is 0 Å². The van der Waals surface area contributed by atoms with Gasteiger partial charge in [-0.05, 0) is 0 Å². The number of aliphatic hydroxyl groups excluding tert-OH is 4. The van der Waals surface area contributed by atoms with Gasteiger partial charge in [-0.2, -0.15) is 0 Å². The third-order valence-electron chi connectivity index (χ3n) is 1.32. The molecule has 0 saturated carbocycles. The van der Waals surface area contributed by atoms with E-state index >= 15 is 0 Å². The Balaban J connectivity index is -0.0000000873. The van der Waals surface area contributed by atoms with E-state index < -0.39 is 46.9 Å². The zero-order chi connectivity index (χ0) is 23.4. The van der Waals surface area contributed by atoms with Crippen molar-refractivity contribution in [2.45, 2.75) is 0 Å². The molecular formula is C12H12O16Zr. The number of aliphatic carboxylic acids is 4. The van der Waals surface area contributed by atoms with Gasteiger partial charge in [0.15, 0.2) is 23.0 Å². The third kappa shape index (κ3) is 29.2. The second kappa shape index (κ2) is 22.2. The van der Waals surface area contributed by atoms with Gasteiger partial charge in [0.25, 0.3) is 0 Å². The van der Waals surface area contributed by atoms with Crippen LogP contribution in [0.4, 0.5) is 0 Å². The van der Waals surface area contributed by atoms with Gasteiger partial charge in [0, 0.05) is 0 Å². The van der Waals surface area contributed by atoms with Crippen molar-refractivity contribution in [1.82, 2.24) is 0 Å². The van der Waals surface area contributed by atoms with Crippen molar-refractivity contribution in [2.24, 2.45) is 0 Å². The molecule has 0 aromatic rings. The number of hydrogen-bond donors (Lipinski definition) is 8. The van der Waals surface area contributed by atoms with Crippen LogP contribution in [0, 0.1) is 0 Å².